The van der Waals surface area contributed by atoms with E-state index in [1.807, 2.05) is 18.3 Å². The van der Waals surface area contributed by atoms with Crippen molar-refractivity contribution in [3.8, 4) is 0 Å². The first-order valence-electron chi connectivity index (χ1n) is 12.6. The van der Waals surface area contributed by atoms with Gasteiger partial charge in [-0.15, -0.1) is 0 Å². The fraction of sp³-hybridized carbons (Fsp3) is 0.577. The quantitative estimate of drug-likeness (QED) is 0.664. The maximum Gasteiger partial charge on any atom is 0.124 e. The lowest BCUT2D eigenvalue weighted by Crippen LogP contribution is -2.50. The molecule has 0 aromatic carbocycles. The Bertz CT molecular complexity index is 970. The zero-order valence-electron chi connectivity index (χ0n) is 20.6. The summed E-state index contributed by atoms with van der Waals surface area (Å²) in [6, 6.07) is 4.33. The van der Waals surface area contributed by atoms with Crippen LogP contribution in [0.3, 0.4) is 0 Å². The van der Waals surface area contributed by atoms with Crippen molar-refractivity contribution < 1.29 is 4.74 Å². The first kappa shape index (κ1) is 23.7. The molecule has 1 aromatic rings. The summed E-state index contributed by atoms with van der Waals surface area (Å²) >= 11 is 6.57. The van der Waals surface area contributed by atoms with E-state index < -0.39 is 0 Å². The lowest BCUT2D eigenvalue weighted by Gasteiger charge is -2.42. The first-order chi connectivity index (χ1) is 16.6. The molecule has 7 nitrogen and oxygen atoms in total. The van der Waals surface area contributed by atoms with Gasteiger partial charge < -0.3 is 24.8 Å². The Morgan fingerprint density at radius 2 is 1.94 bits per heavy atom. The van der Waals surface area contributed by atoms with Gasteiger partial charge in [0, 0.05) is 39.0 Å². The monoisotopic (exact) mass is 484 g/mol. The number of likely N-dealkylation sites (N-methyl/N-ethyl adjacent to an activating group) is 2. The average Bonchev–Trinajstić information content (AvgIpc) is 3.22. The number of nitrogens with zero attached hydrogens (tertiary/aromatic N) is 5. The minimum Gasteiger partial charge on any atom is -0.375 e. The summed E-state index contributed by atoms with van der Waals surface area (Å²) in [6.45, 7) is 7.63. The minimum atomic E-state index is 0.123. The molecule has 1 N–H and O–H groups in total. The van der Waals surface area contributed by atoms with E-state index in [4.69, 9.17) is 16.3 Å². The van der Waals surface area contributed by atoms with Crippen LogP contribution in [0.25, 0.3) is 0 Å². The van der Waals surface area contributed by atoms with Crippen molar-refractivity contribution >= 4 is 11.6 Å². The van der Waals surface area contributed by atoms with Crippen molar-refractivity contribution in [1.82, 2.24) is 29.9 Å². The number of allylic oxidation sites excluding steroid dienone is 2. The first-order valence-corrected chi connectivity index (χ1v) is 13.0. The predicted molar refractivity (Wildman–Crippen MR) is 136 cm³/mol. The summed E-state index contributed by atoms with van der Waals surface area (Å²) in [5.74, 6) is 1.28. The number of aromatic nitrogens is 1. The predicted octanol–water partition coefficient (Wildman–Crippen LogP) is 3.40. The van der Waals surface area contributed by atoms with Crippen LogP contribution < -0.4 is 5.32 Å². The topological polar surface area (TPSA) is 47.1 Å². The molecule has 2 fully saturated rings. The molecule has 3 unspecified atom stereocenters. The number of pyridine rings is 1. The molecule has 0 spiro atoms. The van der Waals surface area contributed by atoms with E-state index in [1.165, 1.54) is 17.2 Å². The van der Waals surface area contributed by atoms with Crippen molar-refractivity contribution in [2.24, 2.45) is 0 Å². The van der Waals surface area contributed by atoms with E-state index >= 15 is 0 Å². The highest BCUT2D eigenvalue weighted by Crippen LogP contribution is 2.40. The fourth-order valence-corrected chi connectivity index (χ4v) is 5.97. The average molecular weight is 485 g/mol. The number of fused-ring (bicyclic) bond motifs is 1. The standard InChI is InChI=1S/C26H37ClN6O/c1-4-34-18-22-26(21-10-5-9-20(31(21)3)25-19(27)8-7-13-28-25)29-23-11-6-12-24(33(22)23)32-16-14-30(2)15-17-32/h6-8,11-13,20-21,23,29H,4-5,9-10,14-18H2,1-3H3. The summed E-state index contributed by atoms with van der Waals surface area (Å²) < 4.78 is 6.04. The molecule has 5 heterocycles. The van der Waals surface area contributed by atoms with Gasteiger partial charge >= 0.3 is 0 Å². The van der Waals surface area contributed by atoms with Crippen LogP contribution in [0.4, 0.5) is 0 Å². The summed E-state index contributed by atoms with van der Waals surface area (Å²) in [5.41, 5.74) is 3.52. The molecule has 4 aliphatic rings. The molecular weight excluding hydrogens is 448 g/mol. The van der Waals surface area contributed by atoms with Crippen LogP contribution in [-0.4, -0.2) is 90.3 Å². The molecule has 4 aliphatic heterocycles. The molecule has 8 heteroatoms. The minimum absolute atomic E-state index is 0.123. The molecule has 0 aliphatic carbocycles. The number of halogens is 1. The van der Waals surface area contributed by atoms with Gasteiger partial charge in [-0.05, 0) is 64.6 Å². The Morgan fingerprint density at radius 1 is 1.15 bits per heavy atom. The van der Waals surface area contributed by atoms with Crippen LogP contribution in [0, 0.1) is 0 Å². The van der Waals surface area contributed by atoms with Gasteiger partial charge in [0.2, 0.25) is 0 Å². The molecule has 1 aromatic heterocycles. The maximum atomic E-state index is 6.57. The van der Waals surface area contributed by atoms with Gasteiger partial charge in [-0.2, -0.15) is 0 Å². The Morgan fingerprint density at radius 3 is 2.71 bits per heavy atom. The zero-order valence-corrected chi connectivity index (χ0v) is 21.3. The van der Waals surface area contributed by atoms with Crippen LogP contribution >= 0.6 is 11.6 Å². The third kappa shape index (κ3) is 4.47. The Kier molecular flexibility index (Phi) is 7.16. The number of nitrogens with one attached hydrogen (secondary N) is 1. The van der Waals surface area contributed by atoms with Gasteiger partial charge in [-0.25, -0.2) is 0 Å². The highest BCUT2D eigenvalue weighted by molar-refractivity contribution is 6.31. The Labute approximate surface area is 208 Å². The maximum absolute atomic E-state index is 6.57. The van der Waals surface area contributed by atoms with E-state index in [9.17, 15) is 0 Å². The van der Waals surface area contributed by atoms with Crippen LogP contribution in [0.15, 0.2) is 53.8 Å². The van der Waals surface area contributed by atoms with Crippen LogP contribution in [0.1, 0.15) is 37.9 Å². The molecule has 0 bridgehead atoms. The lowest BCUT2D eigenvalue weighted by atomic mass is 9.91. The van der Waals surface area contributed by atoms with Crippen molar-refractivity contribution in [1.29, 1.82) is 0 Å². The molecule has 2 saturated heterocycles. The summed E-state index contributed by atoms with van der Waals surface area (Å²) in [6.07, 6.45) is 12.0. The second-order valence-electron chi connectivity index (χ2n) is 9.66. The number of hydrogen-bond acceptors (Lipinski definition) is 7. The number of piperidine rings is 1. The van der Waals surface area contributed by atoms with E-state index in [1.54, 1.807) is 0 Å². The van der Waals surface area contributed by atoms with Gasteiger partial charge in [-0.1, -0.05) is 17.7 Å². The van der Waals surface area contributed by atoms with Gasteiger partial charge in [0.05, 0.1) is 40.8 Å². The van der Waals surface area contributed by atoms with E-state index in [0.29, 0.717) is 13.2 Å². The second-order valence-corrected chi connectivity index (χ2v) is 10.1. The van der Waals surface area contributed by atoms with E-state index in [0.717, 1.165) is 56.2 Å². The Balaban J connectivity index is 1.46. The highest BCUT2D eigenvalue weighted by atomic mass is 35.5. The van der Waals surface area contributed by atoms with Crippen LogP contribution in [0.2, 0.25) is 5.02 Å². The molecule has 0 saturated carbocycles. The number of hydrogen-bond donors (Lipinski definition) is 1. The van der Waals surface area contributed by atoms with Crippen molar-refractivity contribution in [3.05, 3.63) is 64.5 Å². The normalized spacial score (nSPS) is 28.2. The number of ether oxygens (including phenoxy) is 1. The van der Waals surface area contributed by atoms with E-state index in [-0.39, 0.29) is 18.2 Å². The third-order valence-electron chi connectivity index (χ3n) is 7.61. The van der Waals surface area contributed by atoms with Gasteiger partial charge in [0.1, 0.15) is 12.0 Å². The molecule has 0 amide bonds. The molecule has 34 heavy (non-hydrogen) atoms. The van der Waals surface area contributed by atoms with Crippen LogP contribution in [0.5, 0.6) is 0 Å². The third-order valence-corrected chi connectivity index (χ3v) is 7.93. The molecular formula is C26H37ClN6O. The molecule has 184 valence electrons. The molecule has 5 rings (SSSR count). The van der Waals surface area contributed by atoms with Crippen molar-refractivity contribution in [3.63, 3.8) is 0 Å². The summed E-state index contributed by atoms with van der Waals surface area (Å²) in [7, 11) is 4.42. The number of likely N-dealkylation sites (tertiary alicyclic amines) is 1. The SMILES string of the molecule is CCOCC1=C(C2CCCC(c3ncccc3Cl)N2C)NC2C=CC=C(N3CCN(C)CC3)N12. The summed E-state index contributed by atoms with van der Waals surface area (Å²) in [4.78, 5) is 14.5. The second kappa shape index (κ2) is 10.3. The lowest BCUT2D eigenvalue weighted by molar-refractivity contribution is 0.116. The van der Waals surface area contributed by atoms with Gasteiger partial charge in [0.25, 0.3) is 0 Å². The van der Waals surface area contributed by atoms with Gasteiger partial charge in [0.15, 0.2) is 0 Å². The smallest absolute Gasteiger partial charge is 0.124 e. The number of rotatable bonds is 6. The van der Waals surface area contributed by atoms with Gasteiger partial charge in [-0.3, -0.25) is 9.88 Å². The summed E-state index contributed by atoms with van der Waals surface area (Å²) in [5, 5.41) is 4.64. The zero-order chi connectivity index (χ0) is 23.7. The Hall–Kier alpha value is -2.06. The fourth-order valence-electron chi connectivity index (χ4n) is 5.72. The highest BCUT2D eigenvalue weighted by Gasteiger charge is 2.42. The van der Waals surface area contributed by atoms with E-state index in [2.05, 4.69) is 69.1 Å². The largest absolute Gasteiger partial charge is 0.375 e. The molecule has 3 atom stereocenters. The molecule has 0 radical (unpaired) electrons. The van der Waals surface area contributed by atoms with Crippen molar-refractivity contribution in [2.45, 2.75) is 44.4 Å². The van der Waals surface area contributed by atoms with Crippen LogP contribution in [-0.2, 0) is 4.74 Å². The number of piperazine rings is 1. The van der Waals surface area contributed by atoms with Crippen molar-refractivity contribution in [2.75, 3.05) is 53.5 Å².